The minimum Gasteiger partial charge on any atom is -0.326 e. The van der Waals surface area contributed by atoms with Crippen molar-refractivity contribution in [2.24, 2.45) is 5.41 Å². The molecule has 0 bridgehead atoms. The van der Waals surface area contributed by atoms with Crippen LogP contribution in [0.15, 0.2) is 54.6 Å². The molecule has 7 nitrogen and oxygen atoms in total. The Morgan fingerprint density at radius 1 is 0.903 bits per heavy atom. The van der Waals surface area contributed by atoms with Gasteiger partial charge in [0.1, 0.15) is 6.04 Å². The number of carbonyl (C=O) groups is 2. The van der Waals surface area contributed by atoms with Gasteiger partial charge in [0.05, 0.1) is 11.5 Å². The highest BCUT2D eigenvalue weighted by atomic mass is 32.2. The summed E-state index contributed by atoms with van der Waals surface area (Å²) in [5, 5.41) is 5.79. The highest BCUT2D eigenvalue weighted by Gasteiger charge is 2.32. The lowest BCUT2D eigenvalue weighted by Crippen LogP contribution is -2.46. The number of amides is 2. The van der Waals surface area contributed by atoms with Crippen LogP contribution < -0.4 is 10.6 Å². The number of nitrogens with zero attached hydrogens (tertiary/aromatic N) is 1. The van der Waals surface area contributed by atoms with Crippen molar-refractivity contribution >= 4 is 33.0 Å². The Kier molecular flexibility index (Phi) is 6.81. The predicted molar refractivity (Wildman–Crippen MR) is 123 cm³/mol. The number of sulfone groups is 1. The summed E-state index contributed by atoms with van der Waals surface area (Å²) in [6.45, 7) is 6.10. The van der Waals surface area contributed by atoms with Gasteiger partial charge in [-0.25, -0.2) is 8.42 Å². The molecule has 0 saturated carbocycles. The van der Waals surface area contributed by atoms with Crippen LogP contribution in [0.3, 0.4) is 0 Å². The first-order valence-electron chi connectivity index (χ1n) is 10.3. The number of anilines is 2. The number of benzene rings is 2. The van der Waals surface area contributed by atoms with Crippen molar-refractivity contribution in [3.63, 3.8) is 0 Å². The zero-order chi connectivity index (χ0) is 22.6. The molecule has 0 spiro atoms. The van der Waals surface area contributed by atoms with E-state index in [9.17, 15) is 18.0 Å². The molecule has 31 heavy (non-hydrogen) atoms. The van der Waals surface area contributed by atoms with E-state index in [2.05, 4.69) is 10.6 Å². The Morgan fingerprint density at radius 3 is 2.06 bits per heavy atom. The average molecular weight is 444 g/mol. The van der Waals surface area contributed by atoms with Crippen molar-refractivity contribution in [2.75, 3.05) is 35.2 Å². The third-order valence-corrected chi connectivity index (χ3v) is 6.79. The lowest BCUT2D eigenvalue weighted by molar-refractivity contribution is -0.123. The first-order chi connectivity index (χ1) is 14.5. The number of hydrogen-bond acceptors (Lipinski definition) is 5. The standard InChI is InChI=1S/C23H29N3O4S/c1-23(2,3)22(28)25-19-11-7-10-18(16-19)24-21(27)20(17-8-5-4-6-9-17)26-12-14-31(29,30)15-13-26/h4-11,16,20H,12-15H2,1-3H3,(H,24,27)(H,25,28). The van der Waals surface area contributed by atoms with E-state index in [1.54, 1.807) is 24.3 Å². The van der Waals surface area contributed by atoms with E-state index in [0.717, 1.165) is 5.56 Å². The molecule has 3 rings (SSSR count). The van der Waals surface area contributed by atoms with Gasteiger partial charge in [0.15, 0.2) is 9.84 Å². The molecule has 1 saturated heterocycles. The third-order valence-electron chi connectivity index (χ3n) is 5.18. The first-order valence-corrected chi connectivity index (χ1v) is 12.1. The molecular weight excluding hydrogens is 414 g/mol. The van der Waals surface area contributed by atoms with Gasteiger partial charge in [0.2, 0.25) is 11.8 Å². The van der Waals surface area contributed by atoms with E-state index in [-0.39, 0.29) is 23.3 Å². The summed E-state index contributed by atoms with van der Waals surface area (Å²) in [6.07, 6.45) is 0. The van der Waals surface area contributed by atoms with E-state index < -0.39 is 21.3 Å². The molecule has 2 amide bonds. The first kappa shape index (κ1) is 23.0. The van der Waals surface area contributed by atoms with Gasteiger partial charge in [-0.15, -0.1) is 0 Å². The van der Waals surface area contributed by atoms with Crippen LogP contribution >= 0.6 is 0 Å². The Morgan fingerprint density at radius 2 is 1.48 bits per heavy atom. The maximum atomic E-state index is 13.3. The number of nitrogens with one attached hydrogen (secondary N) is 2. The van der Waals surface area contributed by atoms with Crippen LogP contribution in [0.4, 0.5) is 11.4 Å². The fraction of sp³-hybridized carbons (Fsp3) is 0.391. The Hall–Kier alpha value is -2.71. The second kappa shape index (κ2) is 9.20. The minimum atomic E-state index is -3.06. The quantitative estimate of drug-likeness (QED) is 0.740. The molecule has 1 aliphatic rings. The molecule has 0 radical (unpaired) electrons. The molecule has 1 fully saturated rings. The monoisotopic (exact) mass is 443 g/mol. The highest BCUT2D eigenvalue weighted by Crippen LogP contribution is 2.26. The van der Waals surface area contributed by atoms with Crippen molar-refractivity contribution in [3.05, 3.63) is 60.2 Å². The average Bonchev–Trinajstić information content (AvgIpc) is 2.70. The summed E-state index contributed by atoms with van der Waals surface area (Å²) in [7, 11) is -3.06. The van der Waals surface area contributed by atoms with E-state index in [1.807, 2.05) is 56.0 Å². The maximum absolute atomic E-state index is 13.3. The number of hydrogen-bond donors (Lipinski definition) is 2. The predicted octanol–water partition coefficient (Wildman–Crippen LogP) is 3.08. The van der Waals surface area contributed by atoms with Crippen LogP contribution in [-0.2, 0) is 19.4 Å². The van der Waals surface area contributed by atoms with Crippen molar-refractivity contribution in [2.45, 2.75) is 26.8 Å². The molecule has 1 heterocycles. The summed E-state index contributed by atoms with van der Waals surface area (Å²) in [6, 6.07) is 15.7. The van der Waals surface area contributed by atoms with Crippen LogP contribution in [0.1, 0.15) is 32.4 Å². The molecule has 2 aromatic carbocycles. The summed E-state index contributed by atoms with van der Waals surface area (Å²) >= 11 is 0. The molecular formula is C23H29N3O4S. The fourth-order valence-corrected chi connectivity index (χ4v) is 4.58. The van der Waals surface area contributed by atoms with Gasteiger partial charge in [-0.1, -0.05) is 57.2 Å². The molecule has 0 aromatic heterocycles. The molecule has 2 aromatic rings. The lowest BCUT2D eigenvalue weighted by atomic mass is 9.95. The molecule has 1 atom stereocenters. The molecule has 1 aliphatic heterocycles. The van der Waals surface area contributed by atoms with Gasteiger partial charge in [0.25, 0.3) is 0 Å². The van der Waals surface area contributed by atoms with Crippen molar-refractivity contribution < 1.29 is 18.0 Å². The van der Waals surface area contributed by atoms with E-state index in [4.69, 9.17) is 0 Å². The SMILES string of the molecule is CC(C)(C)C(=O)Nc1cccc(NC(=O)C(c2ccccc2)N2CCS(=O)(=O)CC2)c1. The van der Waals surface area contributed by atoms with Crippen molar-refractivity contribution in [3.8, 4) is 0 Å². The Labute approximate surface area is 183 Å². The van der Waals surface area contributed by atoms with Crippen LogP contribution in [0.25, 0.3) is 0 Å². The molecule has 0 aliphatic carbocycles. The summed E-state index contributed by atoms with van der Waals surface area (Å²) < 4.78 is 23.7. The lowest BCUT2D eigenvalue weighted by Gasteiger charge is -2.33. The third kappa shape index (κ3) is 6.15. The molecule has 1 unspecified atom stereocenters. The van der Waals surface area contributed by atoms with Crippen molar-refractivity contribution in [1.82, 2.24) is 4.90 Å². The largest absolute Gasteiger partial charge is 0.326 e. The van der Waals surface area contributed by atoms with Gasteiger partial charge in [0, 0.05) is 29.9 Å². The van der Waals surface area contributed by atoms with Crippen LogP contribution in [-0.4, -0.2) is 49.7 Å². The normalized spacial score (nSPS) is 17.5. The van der Waals surface area contributed by atoms with E-state index in [1.165, 1.54) is 0 Å². The summed E-state index contributed by atoms with van der Waals surface area (Å²) in [4.78, 5) is 27.4. The zero-order valence-corrected chi connectivity index (χ0v) is 18.9. The summed E-state index contributed by atoms with van der Waals surface area (Å²) in [5.41, 5.74) is 1.42. The molecule has 166 valence electrons. The van der Waals surface area contributed by atoms with E-state index in [0.29, 0.717) is 24.5 Å². The maximum Gasteiger partial charge on any atom is 0.246 e. The highest BCUT2D eigenvalue weighted by molar-refractivity contribution is 7.91. The number of carbonyl (C=O) groups excluding carboxylic acids is 2. The second-order valence-electron chi connectivity index (χ2n) is 8.78. The fourth-order valence-electron chi connectivity index (χ4n) is 3.35. The van der Waals surface area contributed by atoms with Crippen molar-refractivity contribution in [1.29, 1.82) is 0 Å². The van der Waals surface area contributed by atoms with Crippen LogP contribution in [0, 0.1) is 5.41 Å². The van der Waals surface area contributed by atoms with E-state index >= 15 is 0 Å². The summed E-state index contributed by atoms with van der Waals surface area (Å²) in [5.74, 6) is -0.284. The van der Waals surface area contributed by atoms with Gasteiger partial charge < -0.3 is 10.6 Å². The zero-order valence-electron chi connectivity index (χ0n) is 18.1. The van der Waals surface area contributed by atoms with Crippen LogP contribution in [0.5, 0.6) is 0 Å². The van der Waals surface area contributed by atoms with Gasteiger partial charge >= 0.3 is 0 Å². The minimum absolute atomic E-state index is 0.0396. The molecule has 2 N–H and O–H groups in total. The van der Waals surface area contributed by atoms with Gasteiger partial charge in [-0.3, -0.25) is 14.5 Å². The van der Waals surface area contributed by atoms with Gasteiger partial charge in [-0.05, 0) is 23.8 Å². The topological polar surface area (TPSA) is 95.6 Å². The number of rotatable bonds is 5. The Balaban J connectivity index is 1.80. The Bertz CT molecular complexity index is 1030. The second-order valence-corrected chi connectivity index (χ2v) is 11.1. The smallest absolute Gasteiger partial charge is 0.246 e. The van der Waals surface area contributed by atoms with Crippen LogP contribution in [0.2, 0.25) is 0 Å². The molecule has 8 heteroatoms. The van der Waals surface area contributed by atoms with Gasteiger partial charge in [-0.2, -0.15) is 0 Å².